The van der Waals surface area contributed by atoms with Crippen molar-refractivity contribution in [3.8, 4) is 11.5 Å². The summed E-state index contributed by atoms with van der Waals surface area (Å²) in [7, 11) is 3.09. The number of benzene rings is 3. The van der Waals surface area contributed by atoms with Crippen molar-refractivity contribution in [2.24, 2.45) is 0 Å². The SMILES string of the molecule is COc1cccc(OC)c1C(=O)N1CCC(Nc2ncc3ccc(Cl)cc3n2)C1.Clc1ccc2cnc(NC3CCNC3)nc2c1. The highest BCUT2D eigenvalue weighted by Gasteiger charge is 2.31. The normalized spacial score (nSPS) is 17.4. The average molecular weight is 662 g/mol. The second-order valence-electron chi connectivity index (χ2n) is 11.0. The van der Waals surface area contributed by atoms with Gasteiger partial charge in [0.15, 0.2) is 0 Å². The van der Waals surface area contributed by atoms with Gasteiger partial charge < -0.3 is 30.3 Å². The van der Waals surface area contributed by atoms with Crippen molar-refractivity contribution in [1.82, 2.24) is 30.2 Å². The van der Waals surface area contributed by atoms with Crippen molar-refractivity contribution < 1.29 is 14.3 Å². The quantitative estimate of drug-likeness (QED) is 0.201. The smallest absolute Gasteiger partial charge is 0.261 e. The molecule has 3 N–H and O–H groups in total. The standard InChI is InChI=1S/C21H21ClN4O3.C12H13ClN4/c1-28-17-4-3-5-18(29-2)19(17)20(27)26-9-8-15(12-26)24-21-23-11-13-6-7-14(22)10-16(13)25-21;13-9-2-1-8-6-15-12(17-11(8)5-9)16-10-3-4-14-7-10/h3-7,10-11,15H,8-9,12H2,1-2H3,(H,23,24,25);1-2,5-6,10,14H,3-4,7H2,(H,15,16,17). The Hall–Kier alpha value is -4.45. The molecule has 0 aliphatic carbocycles. The number of hydrogen-bond donors (Lipinski definition) is 3. The molecule has 1 amide bonds. The number of carbonyl (C=O) groups is 1. The van der Waals surface area contributed by atoms with Crippen molar-refractivity contribution in [3.05, 3.63) is 82.6 Å². The van der Waals surface area contributed by atoms with Crippen molar-refractivity contribution in [3.63, 3.8) is 0 Å². The van der Waals surface area contributed by atoms with Crippen LogP contribution in [0.25, 0.3) is 21.8 Å². The van der Waals surface area contributed by atoms with E-state index in [0.29, 0.717) is 58.1 Å². The Kier molecular flexibility index (Phi) is 9.82. The summed E-state index contributed by atoms with van der Waals surface area (Å²) in [5.74, 6) is 2.08. The van der Waals surface area contributed by atoms with Crippen LogP contribution in [0.5, 0.6) is 11.5 Å². The summed E-state index contributed by atoms with van der Waals surface area (Å²) < 4.78 is 10.7. The Morgan fingerprint density at radius 3 is 1.98 bits per heavy atom. The molecular formula is C33H34Cl2N8O3. The van der Waals surface area contributed by atoms with Crippen LogP contribution in [0, 0.1) is 0 Å². The number of rotatable bonds is 7. The first-order chi connectivity index (χ1) is 22.4. The van der Waals surface area contributed by atoms with Gasteiger partial charge >= 0.3 is 0 Å². The van der Waals surface area contributed by atoms with Crippen LogP contribution in [-0.2, 0) is 0 Å². The summed E-state index contributed by atoms with van der Waals surface area (Å²) in [6.07, 6.45) is 5.49. The molecule has 3 aromatic carbocycles. The average Bonchev–Trinajstić information content (AvgIpc) is 3.76. The van der Waals surface area contributed by atoms with Gasteiger partial charge in [-0.25, -0.2) is 19.9 Å². The number of nitrogens with zero attached hydrogens (tertiary/aromatic N) is 5. The Morgan fingerprint density at radius 2 is 1.43 bits per heavy atom. The number of nitrogens with one attached hydrogen (secondary N) is 3. The lowest BCUT2D eigenvalue weighted by molar-refractivity contribution is 0.0784. The highest BCUT2D eigenvalue weighted by molar-refractivity contribution is 6.31. The van der Waals surface area contributed by atoms with Gasteiger partial charge in [0.05, 0.1) is 25.3 Å². The number of ether oxygens (including phenoxy) is 2. The van der Waals surface area contributed by atoms with Crippen molar-refractivity contribution in [2.75, 3.05) is 51.0 Å². The summed E-state index contributed by atoms with van der Waals surface area (Å²) >= 11 is 12.0. The third kappa shape index (κ3) is 7.33. The molecule has 0 spiro atoms. The van der Waals surface area contributed by atoms with Gasteiger partial charge in [0.25, 0.3) is 5.91 Å². The van der Waals surface area contributed by atoms with E-state index in [2.05, 4.69) is 35.9 Å². The molecular weight excluding hydrogens is 627 g/mol. The van der Waals surface area contributed by atoms with Crippen LogP contribution >= 0.6 is 23.2 Å². The summed E-state index contributed by atoms with van der Waals surface area (Å²) in [4.78, 5) is 32.6. The molecule has 2 fully saturated rings. The zero-order valence-corrected chi connectivity index (χ0v) is 27.0. The predicted octanol–water partition coefficient (Wildman–Crippen LogP) is 5.68. The second-order valence-corrected chi connectivity index (χ2v) is 11.9. The fourth-order valence-corrected chi connectivity index (χ4v) is 5.89. The Morgan fingerprint density at radius 1 is 0.848 bits per heavy atom. The summed E-state index contributed by atoms with van der Waals surface area (Å²) in [5.41, 5.74) is 2.09. The number of aromatic nitrogens is 4. The van der Waals surface area contributed by atoms with Crippen LogP contribution in [0.3, 0.4) is 0 Å². The Bertz CT molecular complexity index is 1830. The van der Waals surface area contributed by atoms with Gasteiger partial charge in [-0.3, -0.25) is 4.79 Å². The highest BCUT2D eigenvalue weighted by Crippen LogP contribution is 2.31. The van der Waals surface area contributed by atoms with Crippen LogP contribution in [0.4, 0.5) is 11.9 Å². The van der Waals surface area contributed by atoms with Crippen molar-refractivity contribution in [2.45, 2.75) is 24.9 Å². The first-order valence-electron chi connectivity index (χ1n) is 15.0. The van der Waals surface area contributed by atoms with Gasteiger partial charge in [0.1, 0.15) is 17.1 Å². The number of likely N-dealkylation sites (tertiary alicyclic amines) is 1. The van der Waals surface area contributed by atoms with E-state index in [-0.39, 0.29) is 11.9 Å². The zero-order chi connectivity index (χ0) is 32.0. The van der Waals surface area contributed by atoms with Gasteiger partial charge in [-0.15, -0.1) is 0 Å². The van der Waals surface area contributed by atoms with E-state index in [9.17, 15) is 4.79 Å². The summed E-state index contributed by atoms with van der Waals surface area (Å²) in [5, 5.41) is 13.2. The minimum Gasteiger partial charge on any atom is -0.496 e. The van der Waals surface area contributed by atoms with Crippen LogP contribution in [0.2, 0.25) is 10.0 Å². The maximum absolute atomic E-state index is 13.1. The van der Waals surface area contributed by atoms with Crippen LogP contribution in [0.1, 0.15) is 23.2 Å². The van der Waals surface area contributed by atoms with E-state index in [1.165, 1.54) is 0 Å². The van der Waals surface area contributed by atoms with Gasteiger partial charge in [0, 0.05) is 64.9 Å². The van der Waals surface area contributed by atoms with Crippen LogP contribution in [0.15, 0.2) is 67.0 Å². The molecule has 0 saturated carbocycles. The highest BCUT2D eigenvalue weighted by atomic mass is 35.5. The lowest BCUT2D eigenvalue weighted by Gasteiger charge is -2.20. The topological polar surface area (TPSA) is 126 Å². The fraction of sp³-hybridized carbons (Fsp3) is 0.303. The first kappa shape index (κ1) is 31.5. The maximum atomic E-state index is 13.1. The number of carbonyl (C=O) groups excluding carboxylic acids is 1. The largest absolute Gasteiger partial charge is 0.496 e. The van der Waals surface area contributed by atoms with Crippen LogP contribution in [-0.4, -0.2) is 83.2 Å². The molecule has 2 aliphatic heterocycles. The minimum atomic E-state index is -0.116. The van der Waals surface area contributed by atoms with E-state index in [4.69, 9.17) is 32.7 Å². The molecule has 7 rings (SSSR count). The first-order valence-corrected chi connectivity index (χ1v) is 15.7. The van der Waals surface area contributed by atoms with Gasteiger partial charge in [-0.05, 0) is 67.9 Å². The van der Waals surface area contributed by atoms with Crippen LogP contribution < -0.4 is 25.4 Å². The monoisotopic (exact) mass is 660 g/mol. The minimum absolute atomic E-state index is 0.0521. The van der Waals surface area contributed by atoms with E-state index in [1.807, 2.05) is 42.6 Å². The fourth-order valence-electron chi connectivity index (χ4n) is 5.56. The summed E-state index contributed by atoms with van der Waals surface area (Å²) in [6.45, 7) is 3.18. The van der Waals surface area contributed by atoms with E-state index in [0.717, 1.165) is 47.7 Å². The third-order valence-electron chi connectivity index (χ3n) is 7.93. The molecule has 2 atom stereocenters. The predicted molar refractivity (Wildman–Crippen MR) is 181 cm³/mol. The summed E-state index contributed by atoms with van der Waals surface area (Å²) in [6, 6.07) is 16.9. The number of anilines is 2. The van der Waals surface area contributed by atoms with Gasteiger partial charge in [0.2, 0.25) is 11.9 Å². The second kappa shape index (κ2) is 14.3. The third-order valence-corrected chi connectivity index (χ3v) is 8.40. The molecule has 2 saturated heterocycles. The lowest BCUT2D eigenvalue weighted by Crippen LogP contribution is -2.32. The molecule has 2 aromatic heterocycles. The molecule has 238 valence electrons. The number of fused-ring (bicyclic) bond motifs is 2. The van der Waals surface area contributed by atoms with Gasteiger partial charge in [-0.2, -0.15) is 0 Å². The molecule has 46 heavy (non-hydrogen) atoms. The molecule has 5 aromatic rings. The molecule has 2 aliphatic rings. The van der Waals surface area contributed by atoms with Crippen molar-refractivity contribution in [1.29, 1.82) is 0 Å². The molecule has 0 radical (unpaired) electrons. The van der Waals surface area contributed by atoms with E-state index < -0.39 is 0 Å². The number of hydrogen-bond acceptors (Lipinski definition) is 10. The number of methoxy groups -OCH3 is 2. The zero-order valence-electron chi connectivity index (χ0n) is 25.5. The van der Waals surface area contributed by atoms with Crippen molar-refractivity contribution >= 4 is 62.8 Å². The van der Waals surface area contributed by atoms with E-state index >= 15 is 0 Å². The maximum Gasteiger partial charge on any atom is 0.261 e. The lowest BCUT2D eigenvalue weighted by atomic mass is 10.1. The molecule has 13 heteroatoms. The molecule has 11 nitrogen and oxygen atoms in total. The Balaban J connectivity index is 0.000000185. The number of halogens is 2. The van der Waals surface area contributed by atoms with Gasteiger partial charge in [-0.1, -0.05) is 29.3 Å². The Labute approximate surface area is 276 Å². The molecule has 2 unspecified atom stereocenters. The van der Waals surface area contributed by atoms with E-state index in [1.54, 1.807) is 43.5 Å². The molecule has 0 bridgehead atoms. The molecule has 4 heterocycles. The number of amides is 1.